The average molecular weight is 402 g/mol. The van der Waals surface area contributed by atoms with Crippen molar-refractivity contribution in [2.75, 3.05) is 4.72 Å². The Morgan fingerprint density at radius 3 is 2.12 bits per heavy atom. The molecule has 0 amide bonds. The summed E-state index contributed by atoms with van der Waals surface area (Å²) in [5, 5.41) is 0. The van der Waals surface area contributed by atoms with Crippen LogP contribution in [0.25, 0.3) is 0 Å². The molecule has 1 N–H and O–H groups in total. The summed E-state index contributed by atoms with van der Waals surface area (Å²) in [7, 11) is -3.58. The minimum absolute atomic E-state index is 0.0354. The molecule has 0 atom stereocenters. The van der Waals surface area contributed by atoms with Crippen LogP contribution in [0.3, 0.4) is 0 Å². The van der Waals surface area contributed by atoms with Gasteiger partial charge in [0.1, 0.15) is 0 Å². The van der Waals surface area contributed by atoms with E-state index in [-0.39, 0.29) is 19.9 Å². The van der Waals surface area contributed by atoms with Crippen LogP contribution in [-0.4, -0.2) is 23.4 Å². The van der Waals surface area contributed by atoms with Crippen LogP contribution < -0.4 is 13.6 Å². The topological polar surface area (TPSA) is 46.2 Å². The number of aryl methyl sites for hydroxylation is 1. The molecule has 0 radical (unpaired) electrons. The van der Waals surface area contributed by atoms with Gasteiger partial charge in [-0.3, -0.25) is 0 Å². The van der Waals surface area contributed by atoms with Crippen molar-refractivity contribution in [2.24, 2.45) is 0 Å². The van der Waals surface area contributed by atoms with Crippen molar-refractivity contribution in [1.29, 1.82) is 0 Å². The number of nitrogens with one attached hydrogen (secondary N) is 1. The van der Waals surface area contributed by atoms with Gasteiger partial charge in [-0.2, -0.15) is 0 Å². The molecule has 0 saturated carbocycles. The van der Waals surface area contributed by atoms with E-state index in [1.807, 2.05) is 49.4 Å². The van der Waals surface area contributed by atoms with Gasteiger partial charge in [0.25, 0.3) is 0 Å². The maximum absolute atomic E-state index is 12.6. The number of hydrogen-bond acceptors (Lipinski definition) is 2. The summed E-state index contributed by atoms with van der Waals surface area (Å²) in [4.78, 5) is 0.273. The van der Waals surface area contributed by atoms with Crippen LogP contribution in [0, 0.1) is 6.92 Å². The molecule has 122 valence electrons. The van der Waals surface area contributed by atoms with Gasteiger partial charge >= 0.3 is 149 Å². The third-order valence-electron chi connectivity index (χ3n) is 3.43. The van der Waals surface area contributed by atoms with E-state index in [2.05, 4.69) is 16.9 Å². The predicted octanol–water partition coefficient (Wildman–Crippen LogP) is 2.45. The van der Waals surface area contributed by atoms with Gasteiger partial charge in [-0.15, -0.1) is 0 Å². The third-order valence-corrected chi connectivity index (χ3v) is 7.09. The zero-order valence-electron chi connectivity index (χ0n) is 13.1. The van der Waals surface area contributed by atoms with E-state index in [0.717, 1.165) is 10.0 Å². The van der Waals surface area contributed by atoms with Gasteiger partial charge in [-0.25, -0.2) is 0 Å². The molecule has 24 heavy (non-hydrogen) atoms. The normalized spacial score (nSPS) is 11.2. The second kappa shape index (κ2) is 7.22. The van der Waals surface area contributed by atoms with Crippen molar-refractivity contribution in [3.8, 4) is 0 Å². The Morgan fingerprint density at radius 1 is 0.792 bits per heavy atom. The Hall–Kier alpha value is -2.07. The molecule has 3 nitrogen and oxygen atoms in total. The van der Waals surface area contributed by atoms with E-state index in [1.165, 1.54) is 4.46 Å². The van der Waals surface area contributed by atoms with Gasteiger partial charge in [0.15, 0.2) is 0 Å². The van der Waals surface area contributed by atoms with Crippen LogP contribution in [0.4, 0.5) is 5.69 Å². The summed E-state index contributed by atoms with van der Waals surface area (Å²) in [5.74, 6) is 0. The Kier molecular flexibility index (Phi) is 5.05. The molecule has 3 rings (SSSR count). The monoisotopic (exact) mass is 403 g/mol. The average Bonchev–Trinajstić information content (AvgIpc) is 2.58. The van der Waals surface area contributed by atoms with Crippen LogP contribution in [-0.2, 0) is 10.0 Å². The SMILES string of the molecule is Cc1ccc(S(=O)(=O)Nc2ccccc2[Se]c2ccccc2)cc1. The van der Waals surface area contributed by atoms with E-state index in [9.17, 15) is 8.42 Å². The fourth-order valence-electron chi connectivity index (χ4n) is 2.18. The number of anilines is 1. The molecule has 3 aromatic carbocycles. The molecular weight excluding hydrogens is 385 g/mol. The van der Waals surface area contributed by atoms with E-state index >= 15 is 0 Å². The van der Waals surface area contributed by atoms with Crippen LogP contribution in [0.1, 0.15) is 5.56 Å². The van der Waals surface area contributed by atoms with Gasteiger partial charge in [-0.05, 0) is 0 Å². The zero-order valence-corrected chi connectivity index (χ0v) is 15.7. The fourth-order valence-corrected chi connectivity index (χ4v) is 5.34. The third kappa shape index (κ3) is 4.06. The number of rotatable bonds is 5. The first kappa shape index (κ1) is 16.8. The van der Waals surface area contributed by atoms with Crippen molar-refractivity contribution in [3.05, 3.63) is 84.4 Å². The molecule has 0 bridgehead atoms. The van der Waals surface area contributed by atoms with E-state index in [4.69, 9.17) is 0 Å². The predicted molar refractivity (Wildman–Crippen MR) is 99.9 cm³/mol. The molecule has 0 aromatic heterocycles. The molecule has 5 heteroatoms. The molecule has 0 aliphatic rings. The first-order valence-electron chi connectivity index (χ1n) is 7.46. The molecular formula is C19H17NO2SSe. The Labute approximate surface area is 149 Å². The Morgan fingerprint density at radius 2 is 1.42 bits per heavy atom. The van der Waals surface area contributed by atoms with Crippen LogP contribution >= 0.6 is 0 Å². The fraction of sp³-hybridized carbons (Fsp3) is 0.0526. The van der Waals surface area contributed by atoms with Crippen LogP contribution in [0.15, 0.2) is 83.8 Å². The Bertz CT molecular complexity index is 923. The molecule has 0 fully saturated rings. The molecule has 0 heterocycles. The molecule has 0 saturated heterocycles. The van der Waals surface area contributed by atoms with E-state index in [0.29, 0.717) is 5.69 Å². The van der Waals surface area contributed by atoms with Gasteiger partial charge in [0.2, 0.25) is 0 Å². The second-order valence-corrected chi connectivity index (χ2v) is 9.35. The number of para-hydroxylation sites is 1. The van der Waals surface area contributed by atoms with Crippen molar-refractivity contribution in [2.45, 2.75) is 11.8 Å². The van der Waals surface area contributed by atoms with Gasteiger partial charge in [-0.1, -0.05) is 0 Å². The minimum atomic E-state index is -3.58. The quantitative estimate of drug-likeness (QED) is 0.667. The molecule has 0 spiro atoms. The van der Waals surface area contributed by atoms with Crippen molar-refractivity contribution in [3.63, 3.8) is 0 Å². The number of hydrogen-bond donors (Lipinski definition) is 1. The molecule has 0 aliphatic heterocycles. The first-order valence-corrected chi connectivity index (χ1v) is 10.7. The number of benzene rings is 3. The summed E-state index contributed by atoms with van der Waals surface area (Å²) in [6.45, 7) is 1.93. The number of sulfonamides is 1. The van der Waals surface area contributed by atoms with Crippen LogP contribution in [0.2, 0.25) is 0 Å². The Balaban J connectivity index is 1.89. The van der Waals surface area contributed by atoms with Crippen molar-refractivity contribution in [1.82, 2.24) is 0 Å². The maximum atomic E-state index is 12.6. The van der Waals surface area contributed by atoms with E-state index < -0.39 is 10.0 Å². The molecule has 0 unspecified atom stereocenters. The molecule has 3 aromatic rings. The summed E-state index contributed by atoms with van der Waals surface area (Å²) in [6, 6.07) is 24.5. The summed E-state index contributed by atoms with van der Waals surface area (Å²) in [6.07, 6.45) is 0. The van der Waals surface area contributed by atoms with Gasteiger partial charge < -0.3 is 0 Å². The van der Waals surface area contributed by atoms with Gasteiger partial charge in [0, 0.05) is 0 Å². The first-order chi connectivity index (χ1) is 11.5. The second-order valence-electron chi connectivity index (χ2n) is 5.33. The zero-order chi connectivity index (χ0) is 17.0. The van der Waals surface area contributed by atoms with Gasteiger partial charge in [0.05, 0.1) is 0 Å². The van der Waals surface area contributed by atoms with Crippen molar-refractivity contribution >= 4 is 39.6 Å². The summed E-state index contributed by atoms with van der Waals surface area (Å²) < 4.78 is 30.2. The van der Waals surface area contributed by atoms with Crippen LogP contribution in [0.5, 0.6) is 0 Å². The standard InChI is InChI=1S/C19H17NO2SSe/c1-15-11-13-16(14-12-15)23(21,22)20-18-9-5-6-10-19(18)24-17-7-3-2-4-8-17/h2-14,20H,1H3. The van der Waals surface area contributed by atoms with Crippen molar-refractivity contribution < 1.29 is 8.42 Å². The van der Waals surface area contributed by atoms with E-state index in [1.54, 1.807) is 24.3 Å². The molecule has 0 aliphatic carbocycles. The summed E-state index contributed by atoms with van der Waals surface area (Å²) >= 11 is 0.0354. The summed E-state index contributed by atoms with van der Waals surface area (Å²) in [5.41, 5.74) is 1.67.